The lowest BCUT2D eigenvalue weighted by atomic mass is 9.99. The summed E-state index contributed by atoms with van der Waals surface area (Å²) in [6, 6.07) is 14.7. The van der Waals surface area contributed by atoms with Crippen LogP contribution in [0.2, 0.25) is 0 Å². The maximum absolute atomic E-state index is 12.3. The molecule has 23 heavy (non-hydrogen) atoms. The van der Waals surface area contributed by atoms with Gasteiger partial charge in [0.05, 0.1) is 0 Å². The molecule has 0 aromatic heterocycles. The van der Waals surface area contributed by atoms with Crippen molar-refractivity contribution in [2.45, 2.75) is 12.5 Å². The van der Waals surface area contributed by atoms with Crippen molar-refractivity contribution in [1.29, 1.82) is 0 Å². The predicted molar refractivity (Wildman–Crippen MR) is 88.5 cm³/mol. The van der Waals surface area contributed by atoms with Crippen molar-refractivity contribution in [3.8, 4) is 0 Å². The van der Waals surface area contributed by atoms with E-state index in [1.165, 1.54) is 7.85 Å². The van der Waals surface area contributed by atoms with E-state index in [0.717, 1.165) is 5.56 Å². The summed E-state index contributed by atoms with van der Waals surface area (Å²) in [4.78, 5) is 34.4. The number of amides is 1. The molecule has 0 aliphatic rings. The molecule has 0 aliphatic carbocycles. The summed E-state index contributed by atoms with van der Waals surface area (Å²) in [6.45, 7) is 0. The van der Waals surface area contributed by atoms with Crippen LogP contribution in [0.1, 0.15) is 21.5 Å². The maximum atomic E-state index is 12.3. The van der Waals surface area contributed by atoms with Gasteiger partial charge in [0.15, 0.2) is 11.6 Å². The lowest BCUT2D eigenvalue weighted by Crippen LogP contribution is -2.41. The van der Waals surface area contributed by atoms with Gasteiger partial charge in [0.2, 0.25) is 7.85 Å². The fourth-order valence-corrected chi connectivity index (χ4v) is 2.23. The third-order valence-electron chi connectivity index (χ3n) is 3.37. The average Bonchev–Trinajstić information content (AvgIpc) is 2.54. The molecule has 2 aromatic rings. The minimum absolute atomic E-state index is 0.0891. The molecule has 5 nitrogen and oxygen atoms in total. The zero-order valence-corrected chi connectivity index (χ0v) is 12.7. The van der Waals surface area contributed by atoms with Crippen molar-refractivity contribution in [3.63, 3.8) is 0 Å². The Kier molecular flexibility index (Phi) is 5.30. The van der Waals surface area contributed by atoms with Gasteiger partial charge >= 0.3 is 5.97 Å². The number of nitrogens with one attached hydrogen (secondary N) is 1. The summed E-state index contributed by atoms with van der Waals surface area (Å²) in [6.07, 6.45) is 0.161. The van der Waals surface area contributed by atoms with Gasteiger partial charge in [-0.15, -0.1) is 0 Å². The Morgan fingerprint density at radius 3 is 2.04 bits per heavy atom. The quantitative estimate of drug-likeness (QED) is 0.621. The Labute approximate surface area is 134 Å². The highest BCUT2D eigenvalue weighted by atomic mass is 16.4. The Hall–Kier alpha value is -2.89. The number of carbonyl (C=O) groups excluding carboxylic acids is 2. The van der Waals surface area contributed by atoms with E-state index in [0.29, 0.717) is 11.1 Å². The third-order valence-corrected chi connectivity index (χ3v) is 3.37. The number of carboxylic acid groups (broad SMARTS) is 1. The van der Waals surface area contributed by atoms with Crippen molar-refractivity contribution in [3.05, 3.63) is 71.3 Å². The van der Waals surface area contributed by atoms with Gasteiger partial charge in [-0.05, 0) is 5.56 Å². The van der Waals surface area contributed by atoms with Crippen molar-refractivity contribution >= 4 is 25.4 Å². The van der Waals surface area contributed by atoms with Crippen molar-refractivity contribution in [1.82, 2.24) is 5.32 Å². The molecule has 6 heteroatoms. The van der Waals surface area contributed by atoms with Crippen LogP contribution in [-0.4, -0.2) is 36.6 Å². The Morgan fingerprint density at radius 1 is 0.957 bits per heavy atom. The zero-order chi connectivity index (χ0) is 16.8. The summed E-state index contributed by atoms with van der Waals surface area (Å²) >= 11 is 0. The Balaban J connectivity index is 2.11. The van der Waals surface area contributed by atoms with E-state index in [1.807, 2.05) is 6.07 Å². The number of ketones is 1. The van der Waals surface area contributed by atoms with E-state index in [2.05, 4.69) is 5.32 Å². The molecule has 0 saturated carbocycles. The smallest absolute Gasteiger partial charge is 0.326 e. The van der Waals surface area contributed by atoms with Crippen LogP contribution in [0.5, 0.6) is 0 Å². The van der Waals surface area contributed by atoms with Gasteiger partial charge in [-0.2, -0.15) is 0 Å². The molecular weight excluding hydrogens is 293 g/mol. The number of hydrogen-bond donors (Lipinski definition) is 2. The first-order chi connectivity index (χ1) is 11.0. The third kappa shape index (κ3) is 4.54. The monoisotopic (exact) mass is 309 g/mol. The van der Waals surface area contributed by atoms with Gasteiger partial charge in [-0.25, -0.2) is 4.79 Å². The first-order valence-electron chi connectivity index (χ1n) is 7.16. The second kappa shape index (κ2) is 7.40. The Morgan fingerprint density at radius 2 is 1.52 bits per heavy atom. The van der Waals surface area contributed by atoms with Crippen molar-refractivity contribution in [2.75, 3.05) is 0 Å². The number of benzene rings is 2. The molecule has 0 heterocycles. The maximum Gasteiger partial charge on any atom is 0.326 e. The highest BCUT2D eigenvalue weighted by molar-refractivity contribution is 6.57. The van der Waals surface area contributed by atoms with E-state index < -0.39 is 17.8 Å². The normalized spacial score (nSPS) is 11.5. The second-order valence-electron chi connectivity index (χ2n) is 5.19. The van der Waals surface area contributed by atoms with Crippen LogP contribution in [0, 0.1) is 0 Å². The summed E-state index contributed by atoms with van der Waals surface area (Å²) < 4.78 is 0. The van der Waals surface area contributed by atoms with Crippen LogP contribution in [-0.2, 0) is 11.2 Å². The first-order valence-corrected chi connectivity index (χ1v) is 7.16. The number of rotatable bonds is 6. The number of aliphatic carboxylic acids is 1. The predicted octanol–water partition coefficient (Wildman–Crippen LogP) is 1.26. The second-order valence-corrected chi connectivity index (χ2v) is 5.19. The lowest BCUT2D eigenvalue weighted by molar-refractivity contribution is -0.139. The van der Waals surface area contributed by atoms with Crippen LogP contribution in [0.15, 0.2) is 54.6 Å². The molecule has 2 aromatic carbocycles. The molecule has 0 aliphatic heterocycles. The van der Waals surface area contributed by atoms with E-state index in [1.54, 1.807) is 48.5 Å². The Bertz CT molecular complexity index is 713. The standard InChI is InChI=1S/C17H16BNO4/c18-17(23)19-14(16(21)22)10-11-6-8-13(9-7-11)15(20)12-4-2-1-3-5-12/h1-9,14H,10,18H2,(H,19,23)(H,21,22)/t14-/m0/s1. The molecule has 0 fully saturated rings. The van der Waals surface area contributed by atoms with Crippen LogP contribution in [0.3, 0.4) is 0 Å². The molecule has 0 bridgehead atoms. The summed E-state index contributed by atoms with van der Waals surface area (Å²) in [5.41, 5.74) is 1.86. The summed E-state index contributed by atoms with van der Waals surface area (Å²) in [5, 5.41) is 11.5. The molecular formula is C17H16BNO4. The summed E-state index contributed by atoms with van der Waals surface area (Å²) in [5.74, 6) is -1.58. The largest absolute Gasteiger partial charge is 0.480 e. The molecule has 0 spiro atoms. The first kappa shape index (κ1) is 16.5. The van der Waals surface area contributed by atoms with Gasteiger partial charge in [-0.1, -0.05) is 54.6 Å². The molecule has 1 atom stereocenters. The zero-order valence-electron chi connectivity index (χ0n) is 12.7. The number of hydrogen-bond acceptors (Lipinski definition) is 3. The fraction of sp³-hybridized carbons (Fsp3) is 0.118. The van der Waals surface area contributed by atoms with Crippen LogP contribution < -0.4 is 5.32 Å². The molecule has 1 amide bonds. The van der Waals surface area contributed by atoms with Crippen LogP contribution >= 0.6 is 0 Å². The molecule has 0 radical (unpaired) electrons. The van der Waals surface area contributed by atoms with E-state index in [4.69, 9.17) is 5.11 Å². The molecule has 2 N–H and O–H groups in total. The highest BCUT2D eigenvalue weighted by Gasteiger charge is 2.18. The van der Waals surface area contributed by atoms with Gasteiger partial charge in [0.1, 0.15) is 6.04 Å². The average molecular weight is 309 g/mol. The fourth-order valence-electron chi connectivity index (χ4n) is 2.23. The van der Waals surface area contributed by atoms with E-state index in [9.17, 15) is 14.4 Å². The molecule has 0 saturated heterocycles. The lowest BCUT2D eigenvalue weighted by Gasteiger charge is -2.13. The molecule has 0 unspecified atom stereocenters. The minimum atomic E-state index is -1.09. The minimum Gasteiger partial charge on any atom is -0.480 e. The van der Waals surface area contributed by atoms with Gasteiger partial charge in [0.25, 0.3) is 0 Å². The van der Waals surface area contributed by atoms with E-state index in [-0.39, 0.29) is 12.2 Å². The SMILES string of the molecule is BC(=O)N[C@@H](Cc1ccc(C(=O)c2ccccc2)cc1)C(=O)O. The number of carbonyl (C=O) groups is 3. The van der Waals surface area contributed by atoms with Crippen molar-refractivity contribution in [2.24, 2.45) is 0 Å². The van der Waals surface area contributed by atoms with Crippen molar-refractivity contribution < 1.29 is 19.5 Å². The van der Waals surface area contributed by atoms with Crippen LogP contribution in [0.4, 0.5) is 4.79 Å². The topological polar surface area (TPSA) is 83.5 Å². The van der Waals surface area contributed by atoms with Gasteiger partial charge < -0.3 is 10.4 Å². The van der Waals surface area contributed by atoms with Gasteiger partial charge in [0, 0.05) is 17.5 Å². The molecule has 116 valence electrons. The van der Waals surface area contributed by atoms with E-state index >= 15 is 0 Å². The highest BCUT2D eigenvalue weighted by Crippen LogP contribution is 2.12. The van der Waals surface area contributed by atoms with Crippen LogP contribution in [0.25, 0.3) is 0 Å². The number of carboxylic acids is 1. The summed E-state index contributed by atoms with van der Waals surface area (Å²) in [7, 11) is 1.28. The van der Waals surface area contributed by atoms with Gasteiger partial charge in [-0.3, -0.25) is 9.59 Å². The molecule has 2 rings (SSSR count).